The van der Waals surface area contributed by atoms with Crippen LogP contribution in [0.5, 0.6) is 0 Å². The van der Waals surface area contributed by atoms with Gasteiger partial charge in [0.05, 0.1) is 0 Å². The van der Waals surface area contributed by atoms with Crippen molar-refractivity contribution in [2.24, 2.45) is 0 Å². The topological polar surface area (TPSA) is 32.3 Å². The summed E-state index contributed by atoms with van der Waals surface area (Å²) in [5.74, 6) is 0. The molecule has 1 fully saturated rings. The van der Waals surface area contributed by atoms with E-state index in [1.165, 1.54) is 0 Å². The maximum atomic E-state index is 10.6. The fourth-order valence-corrected chi connectivity index (χ4v) is 2.58. The fourth-order valence-electron chi connectivity index (χ4n) is 2.21. The molecule has 1 atom stereocenters. The highest BCUT2D eigenvalue weighted by Crippen LogP contribution is 2.32. The van der Waals surface area contributed by atoms with Crippen molar-refractivity contribution in [1.29, 1.82) is 0 Å². The summed E-state index contributed by atoms with van der Waals surface area (Å²) in [5.41, 5.74) is 1.51. The zero-order valence-electron chi connectivity index (χ0n) is 8.89. The second kappa shape index (κ2) is 4.24. The van der Waals surface area contributed by atoms with E-state index in [9.17, 15) is 5.11 Å². The fraction of sp³-hybridized carbons (Fsp3) is 0.500. The Morgan fingerprint density at radius 2 is 2.27 bits per heavy atom. The van der Waals surface area contributed by atoms with Crippen molar-refractivity contribution in [3.63, 3.8) is 0 Å². The van der Waals surface area contributed by atoms with E-state index in [-0.39, 0.29) is 0 Å². The third kappa shape index (κ3) is 2.25. The number of aryl methyl sites for hydroxylation is 1. The van der Waals surface area contributed by atoms with Gasteiger partial charge in [-0.3, -0.25) is 0 Å². The normalized spacial score (nSPS) is 26.6. The minimum absolute atomic E-state index is 0.657. The Kier molecular flexibility index (Phi) is 3.14. The van der Waals surface area contributed by atoms with E-state index in [4.69, 9.17) is 0 Å². The first-order valence-corrected chi connectivity index (χ1v) is 6.11. The Hall–Kier alpha value is -0.380. The first-order valence-electron chi connectivity index (χ1n) is 5.31. The zero-order chi connectivity index (χ0) is 10.9. The Bertz CT molecular complexity index is 359. The molecule has 15 heavy (non-hydrogen) atoms. The first kappa shape index (κ1) is 11.1. The van der Waals surface area contributed by atoms with E-state index in [1.54, 1.807) is 0 Å². The lowest BCUT2D eigenvalue weighted by Gasteiger charge is -2.34. The van der Waals surface area contributed by atoms with Crippen LogP contribution in [0.2, 0.25) is 0 Å². The summed E-state index contributed by atoms with van der Waals surface area (Å²) in [6.07, 6.45) is 1.87. The van der Waals surface area contributed by atoms with Crippen molar-refractivity contribution in [3.05, 3.63) is 33.8 Å². The summed E-state index contributed by atoms with van der Waals surface area (Å²) in [6.45, 7) is 3.72. The standard InChI is InChI=1S/C12H16BrNO/c1-9-3-4-10(13)7-11(9)12(15)5-2-6-14-8-12/h3-4,7,14-15H,2,5-6,8H2,1H3. The molecule has 0 amide bonds. The minimum Gasteiger partial charge on any atom is -0.384 e. The number of hydrogen-bond acceptors (Lipinski definition) is 2. The Balaban J connectivity index is 2.38. The summed E-state index contributed by atoms with van der Waals surface area (Å²) in [7, 11) is 0. The summed E-state index contributed by atoms with van der Waals surface area (Å²) >= 11 is 3.46. The van der Waals surface area contributed by atoms with Crippen LogP contribution in [0.3, 0.4) is 0 Å². The molecule has 0 saturated carbocycles. The molecule has 1 saturated heterocycles. The van der Waals surface area contributed by atoms with Crippen LogP contribution in [0.15, 0.2) is 22.7 Å². The van der Waals surface area contributed by atoms with Crippen molar-refractivity contribution in [1.82, 2.24) is 5.32 Å². The zero-order valence-corrected chi connectivity index (χ0v) is 10.5. The van der Waals surface area contributed by atoms with E-state index in [2.05, 4.69) is 21.2 Å². The van der Waals surface area contributed by atoms with Crippen LogP contribution < -0.4 is 5.32 Å². The lowest BCUT2D eigenvalue weighted by atomic mass is 9.84. The lowest BCUT2D eigenvalue weighted by molar-refractivity contribution is 0.0117. The Morgan fingerprint density at radius 3 is 2.93 bits per heavy atom. The maximum Gasteiger partial charge on any atom is 0.102 e. The third-order valence-electron chi connectivity index (χ3n) is 3.06. The highest BCUT2D eigenvalue weighted by molar-refractivity contribution is 9.10. The maximum absolute atomic E-state index is 10.6. The molecule has 1 unspecified atom stereocenters. The van der Waals surface area contributed by atoms with Gasteiger partial charge in [-0.15, -0.1) is 0 Å². The van der Waals surface area contributed by atoms with E-state index < -0.39 is 5.60 Å². The van der Waals surface area contributed by atoms with Crippen molar-refractivity contribution in [3.8, 4) is 0 Å². The summed E-state index contributed by atoms with van der Waals surface area (Å²) in [4.78, 5) is 0. The summed E-state index contributed by atoms with van der Waals surface area (Å²) in [5, 5.41) is 13.8. The molecule has 0 spiro atoms. The lowest BCUT2D eigenvalue weighted by Crippen LogP contribution is -2.43. The van der Waals surface area contributed by atoms with Crippen LogP contribution in [0.1, 0.15) is 24.0 Å². The van der Waals surface area contributed by atoms with Gasteiger partial charge in [0.1, 0.15) is 5.60 Å². The number of nitrogens with one attached hydrogen (secondary N) is 1. The highest BCUT2D eigenvalue weighted by atomic mass is 79.9. The van der Waals surface area contributed by atoms with Gasteiger partial charge in [-0.05, 0) is 49.6 Å². The van der Waals surface area contributed by atoms with E-state index in [1.807, 2.05) is 25.1 Å². The van der Waals surface area contributed by atoms with Crippen LogP contribution in [0, 0.1) is 6.92 Å². The average Bonchev–Trinajstić information content (AvgIpc) is 2.23. The third-order valence-corrected chi connectivity index (χ3v) is 3.56. The average molecular weight is 270 g/mol. The van der Waals surface area contributed by atoms with Gasteiger partial charge in [-0.25, -0.2) is 0 Å². The van der Waals surface area contributed by atoms with Crippen molar-refractivity contribution in [2.75, 3.05) is 13.1 Å². The first-order chi connectivity index (χ1) is 7.12. The molecule has 3 heteroatoms. The monoisotopic (exact) mass is 269 g/mol. The van der Waals surface area contributed by atoms with Gasteiger partial charge >= 0.3 is 0 Å². The molecule has 1 aliphatic rings. The number of piperidine rings is 1. The van der Waals surface area contributed by atoms with Gasteiger partial charge in [0, 0.05) is 11.0 Å². The predicted molar refractivity (Wildman–Crippen MR) is 64.9 cm³/mol. The number of aliphatic hydroxyl groups is 1. The van der Waals surface area contributed by atoms with Crippen molar-refractivity contribution < 1.29 is 5.11 Å². The molecular weight excluding hydrogens is 254 g/mol. The molecule has 0 radical (unpaired) electrons. The van der Waals surface area contributed by atoms with Gasteiger partial charge in [0.15, 0.2) is 0 Å². The summed E-state index contributed by atoms with van der Waals surface area (Å²) < 4.78 is 1.03. The van der Waals surface area contributed by atoms with E-state index in [0.717, 1.165) is 35.0 Å². The van der Waals surface area contributed by atoms with Gasteiger partial charge < -0.3 is 10.4 Å². The molecule has 1 heterocycles. The predicted octanol–water partition coefficient (Wildman–Crippen LogP) is 2.33. The number of rotatable bonds is 1. The van der Waals surface area contributed by atoms with Crippen molar-refractivity contribution in [2.45, 2.75) is 25.4 Å². The number of halogens is 1. The number of benzene rings is 1. The molecule has 82 valence electrons. The second-order valence-corrected chi connectivity index (χ2v) is 5.19. The Labute approximate surface area is 98.8 Å². The molecule has 2 N–H and O–H groups in total. The van der Waals surface area contributed by atoms with Crippen molar-refractivity contribution >= 4 is 15.9 Å². The summed E-state index contributed by atoms with van der Waals surface area (Å²) in [6, 6.07) is 6.09. The van der Waals surface area contributed by atoms with Crippen LogP contribution in [-0.2, 0) is 5.60 Å². The molecule has 2 nitrogen and oxygen atoms in total. The van der Waals surface area contributed by atoms with Gasteiger partial charge in [0.25, 0.3) is 0 Å². The molecule has 1 aliphatic heterocycles. The molecular formula is C12H16BrNO. The largest absolute Gasteiger partial charge is 0.384 e. The van der Waals surface area contributed by atoms with Gasteiger partial charge in [-0.2, -0.15) is 0 Å². The van der Waals surface area contributed by atoms with Gasteiger partial charge in [0.2, 0.25) is 0 Å². The molecule has 2 rings (SSSR count). The second-order valence-electron chi connectivity index (χ2n) is 4.27. The molecule has 0 aromatic heterocycles. The van der Waals surface area contributed by atoms with Crippen LogP contribution in [-0.4, -0.2) is 18.2 Å². The molecule has 0 aliphatic carbocycles. The van der Waals surface area contributed by atoms with E-state index in [0.29, 0.717) is 6.54 Å². The van der Waals surface area contributed by atoms with Crippen LogP contribution in [0.25, 0.3) is 0 Å². The minimum atomic E-state index is -0.688. The Morgan fingerprint density at radius 1 is 1.47 bits per heavy atom. The SMILES string of the molecule is Cc1ccc(Br)cc1C1(O)CCCNC1. The van der Waals surface area contributed by atoms with E-state index >= 15 is 0 Å². The molecule has 0 bridgehead atoms. The quantitative estimate of drug-likeness (QED) is 0.821. The number of hydrogen-bond donors (Lipinski definition) is 2. The van der Waals surface area contributed by atoms with Crippen LogP contribution in [0.4, 0.5) is 0 Å². The molecule has 1 aromatic rings. The van der Waals surface area contributed by atoms with Crippen LogP contribution >= 0.6 is 15.9 Å². The number of β-amino-alcohol motifs (C(OH)–C–C–N with tert-alkyl or cyclic N) is 1. The molecule has 1 aromatic carbocycles. The smallest absolute Gasteiger partial charge is 0.102 e. The highest BCUT2D eigenvalue weighted by Gasteiger charge is 2.32. The van der Waals surface area contributed by atoms with Gasteiger partial charge in [-0.1, -0.05) is 22.0 Å².